The van der Waals surface area contributed by atoms with E-state index in [0.717, 1.165) is 13.0 Å². The summed E-state index contributed by atoms with van der Waals surface area (Å²) in [5.74, 6) is -0.298. The summed E-state index contributed by atoms with van der Waals surface area (Å²) in [7, 11) is 0. The predicted molar refractivity (Wildman–Crippen MR) is 126 cm³/mol. The van der Waals surface area contributed by atoms with Gasteiger partial charge in [-0.25, -0.2) is 0 Å². The van der Waals surface area contributed by atoms with Gasteiger partial charge in [-0.3, -0.25) is 4.79 Å². The summed E-state index contributed by atoms with van der Waals surface area (Å²) in [6.07, 6.45) is 1.01. The number of piperidine rings is 1. The number of nitrogens with one attached hydrogen (secondary N) is 2. The van der Waals surface area contributed by atoms with Gasteiger partial charge >= 0.3 is 0 Å². The Labute approximate surface area is 198 Å². The highest BCUT2D eigenvalue weighted by Crippen LogP contribution is 2.34. The smallest absolute Gasteiger partial charge is 0.237 e. The lowest BCUT2D eigenvalue weighted by Crippen LogP contribution is -2.63. The van der Waals surface area contributed by atoms with Gasteiger partial charge in [0.25, 0.3) is 0 Å². The first-order valence-electron chi connectivity index (χ1n) is 10.7. The van der Waals surface area contributed by atoms with Gasteiger partial charge in [-0.2, -0.15) is 0 Å². The second-order valence-corrected chi connectivity index (χ2v) is 10.6. The minimum Gasteiger partial charge on any atom is -0.390 e. The Bertz CT molecular complexity index is 737. The normalized spacial score (nSPS) is 35.9. The van der Waals surface area contributed by atoms with Gasteiger partial charge < -0.3 is 25.6 Å². The van der Waals surface area contributed by atoms with Gasteiger partial charge in [0.05, 0.1) is 29.7 Å². The van der Waals surface area contributed by atoms with Crippen molar-refractivity contribution >= 4 is 40.9 Å². The molecule has 0 spiro atoms. The molecule has 31 heavy (non-hydrogen) atoms. The van der Waals surface area contributed by atoms with Gasteiger partial charge in [0.1, 0.15) is 11.5 Å². The van der Waals surface area contributed by atoms with Crippen molar-refractivity contribution < 1.29 is 19.7 Å². The number of hydrogen-bond donors (Lipinski definition) is 4. The topological polar surface area (TPSA) is 90.8 Å². The van der Waals surface area contributed by atoms with E-state index in [1.165, 1.54) is 17.3 Å². The molecule has 0 radical (unpaired) electrons. The fraction of sp³-hybridized carbons (Fsp3) is 0.682. The number of aliphatic hydroxyl groups is 2. The van der Waals surface area contributed by atoms with E-state index >= 15 is 0 Å². The average molecular weight is 491 g/mol. The molecule has 2 fully saturated rings. The van der Waals surface area contributed by atoms with Crippen LogP contribution in [-0.4, -0.2) is 70.1 Å². The highest BCUT2D eigenvalue weighted by Gasteiger charge is 2.46. The molecule has 3 rings (SSSR count). The van der Waals surface area contributed by atoms with E-state index < -0.39 is 41.1 Å². The molecule has 2 aliphatic heterocycles. The number of carbonyl (C=O) groups excluding carboxylic acids is 1. The van der Waals surface area contributed by atoms with Crippen molar-refractivity contribution in [3.05, 3.63) is 34.9 Å². The van der Waals surface area contributed by atoms with Crippen molar-refractivity contribution in [1.82, 2.24) is 10.6 Å². The Balaban J connectivity index is 1.69. The number of carbonyl (C=O) groups is 1. The molecule has 174 valence electrons. The number of amides is 1. The molecule has 1 unspecified atom stereocenters. The molecule has 0 saturated carbocycles. The summed E-state index contributed by atoms with van der Waals surface area (Å²) in [6.45, 7) is 4.29. The molecule has 2 saturated heterocycles. The van der Waals surface area contributed by atoms with E-state index in [2.05, 4.69) is 10.6 Å². The zero-order chi connectivity index (χ0) is 22.7. The molecule has 1 aromatic carbocycles. The highest BCUT2D eigenvalue weighted by atomic mass is 35.5. The van der Waals surface area contributed by atoms with Crippen molar-refractivity contribution in [2.75, 3.05) is 12.8 Å². The Morgan fingerprint density at radius 2 is 1.97 bits per heavy atom. The average Bonchev–Trinajstić information content (AvgIpc) is 2.77. The van der Waals surface area contributed by atoms with Crippen LogP contribution in [0.15, 0.2) is 24.3 Å². The van der Waals surface area contributed by atoms with Crippen LogP contribution in [0.3, 0.4) is 0 Å². The monoisotopic (exact) mass is 490 g/mol. The van der Waals surface area contributed by atoms with E-state index in [1.807, 2.05) is 30.5 Å². The number of halogens is 2. The first kappa shape index (κ1) is 25.1. The molecule has 6 nitrogen and oxygen atoms in total. The maximum Gasteiger partial charge on any atom is 0.237 e. The first-order chi connectivity index (χ1) is 14.7. The maximum absolute atomic E-state index is 13.1. The molecule has 1 amide bonds. The van der Waals surface area contributed by atoms with Crippen LogP contribution in [0.4, 0.5) is 0 Å². The summed E-state index contributed by atoms with van der Waals surface area (Å²) in [5, 5.41) is 27.6. The number of rotatable bonds is 6. The van der Waals surface area contributed by atoms with Gasteiger partial charge in [-0.1, -0.05) is 30.7 Å². The Morgan fingerprint density at radius 3 is 2.58 bits per heavy atom. The van der Waals surface area contributed by atoms with Crippen LogP contribution < -0.4 is 10.6 Å². The largest absolute Gasteiger partial charge is 0.390 e. The zero-order valence-electron chi connectivity index (χ0n) is 18.0. The van der Waals surface area contributed by atoms with Crippen LogP contribution in [0.1, 0.15) is 38.2 Å². The molecule has 2 heterocycles. The molecule has 0 aliphatic carbocycles. The van der Waals surface area contributed by atoms with Gasteiger partial charge in [-0.15, -0.1) is 23.4 Å². The van der Waals surface area contributed by atoms with Crippen molar-refractivity contribution in [3.63, 3.8) is 0 Å². The second-order valence-electron chi connectivity index (χ2n) is 8.54. The molecular weight excluding hydrogens is 459 g/mol. The number of ether oxygens (including phenoxy) is 1. The van der Waals surface area contributed by atoms with Gasteiger partial charge in [-0.05, 0) is 56.2 Å². The molecule has 9 atom stereocenters. The number of hydrogen-bond acceptors (Lipinski definition) is 6. The number of aliphatic hydroxyl groups excluding tert-OH is 2. The molecule has 4 N–H and O–H groups in total. The Morgan fingerprint density at radius 1 is 1.29 bits per heavy atom. The predicted octanol–water partition coefficient (Wildman–Crippen LogP) is 2.73. The van der Waals surface area contributed by atoms with Crippen molar-refractivity contribution in [3.8, 4) is 0 Å². The Kier molecular flexibility index (Phi) is 8.95. The van der Waals surface area contributed by atoms with Crippen LogP contribution in [0.25, 0.3) is 0 Å². The lowest BCUT2D eigenvalue weighted by Gasteiger charge is -2.45. The summed E-state index contributed by atoms with van der Waals surface area (Å²) in [6, 6.07) is 6.81. The van der Waals surface area contributed by atoms with Gasteiger partial charge in [0.15, 0.2) is 0 Å². The van der Waals surface area contributed by atoms with Crippen LogP contribution in [-0.2, 0) is 9.53 Å². The van der Waals surface area contributed by atoms with Crippen molar-refractivity contribution in [2.24, 2.45) is 5.92 Å². The third kappa shape index (κ3) is 5.88. The fourth-order valence-corrected chi connectivity index (χ4v) is 5.53. The standard InChI is InChI=1S/C22H32Cl2N2O4S/c1-11-18(27)20(30-22(31-3)19(11)28)17(12(2)23)26-21(29)16-10-14(8-9-25-16)13-4-6-15(24)7-5-13/h4-7,11-12,14,16-20,22,25,27-28H,8-10H2,1-3H3,(H,26,29)/t11-,12-,14+,16-,17?,18+,19+,20+,22+/m0/s1. The van der Waals surface area contributed by atoms with Gasteiger partial charge in [0.2, 0.25) is 5.91 Å². The van der Waals surface area contributed by atoms with Gasteiger partial charge in [0, 0.05) is 10.9 Å². The number of thioether (sulfide) groups is 1. The highest BCUT2D eigenvalue weighted by molar-refractivity contribution is 7.99. The zero-order valence-corrected chi connectivity index (χ0v) is 20.3. The summed E-state index contributed by atoms with van der Waals surface area (Å²) >= 11 is 13.8. The lowest BCUT2D eigenvalue weighted by molar-refractivity contribution is -0.177. The molecule has 2 aliphatic rings. The third-order valence-electron chi connectivity index (χ3n) is 6.44. The SMILES string of the molecule is CS[C@H]1O[C@H](C(NC(=O)[C@@H]2C[C@H](c3ccc(Cl)cc3)CCN2)[C@H](C)Cl)[C@H](O)[C@H](C)[C@H]1O. The van der Waals surface area contributed by atoms with E-state index in [1.54, 1.807) is 13.8 Å². The number of alkyl halides is 1. The van der Waals surface area contributed by atoms with E-state index in [0.29, 0.717) is 11.4 Å². The van der Waals surface area contributed by atoms with E-state index in [-0.39, 0.29) is 17.9 Å². The molecule has 0 bridgehead atoms. The van der Waals surface area contributed by atoms with E-state index in [4.69, 9.17) is 27.9 Å². The van der Waals surface area contributed by atoms with Crippen LogP contribution in [0.5, 0.6) is 0 Å². The molecule has 9 heteroatoms. The van der Waals surface area contributed by atoms with Crippen LogP contribution in [0.2, 0.25) is 5.02 Å². The van der Waals surface area contributed by atoms with Crippen LogP contribution >= 0.6 is 35.0 Å². The Hall–Kier alpha value is -0.540. The van der Waals surface area contributed by atoms with Crippen LogP contribution in [0, 0.1) is 5.92 Å². The minimum atomic E-state index is -0.939. The fourth-order valence-electron chi connectivity index (χ4n) is 4.44. The minimum absolute atomic E-state index is 0.161. The quantitative estimate of drug-likeness (QED) is 0.458. The lowest BCUT2D eigenvalue weighted by atomic mass is 9.85. The second kappa shape index (κ2) is 11.1. The summed E-state index contributed by atoms with van der Waals surface area (Å²) < 4.78 is 5.97. The van der Waals surface area contributed by atoms with E-state index in [9.17, 15) is 15.0 Å². The third-order valence-corrected chi connectivity index (χ3v) is 7.81. The molecule has 0 aromatic heterocycles. The summed E-state index contributed by atoms with van der Waals surface area (Å²) in [5.41, 5.74) is 0.683. The maximum atomic E-state index is 13.1. The molecular formula is C22H32Cl2N2O4S. The van der Waals surface area contributed by atoms with Crippen molar-refractivity contribution in [2.45, 2.75) is 73.8 Å². The first-order valence-corrected chi connectivity index (χ1v) is 12.8. The molecule has 1 aromatic rings. The summed E-state index contributed by atoms with van der Waals surface area (Å²) in [4.78, 5) is 13.1. The van der Waals surface area contributed by atoms with Crippen molar-refractivity contribution in [1.29, 1.82) is 0 Å². The number of benzene rings is 1.